The van der Waals surface area contributed by atoms with Crippen LogP contribution in [0, 0.1) is 13.8 Å². The minimum atomic E-state index is -0.102. The van der Waals surface area contributed by atoms with Crippen LogP contribution >= 0.6 is 15.9 Å². The van der Waals surface area contributed by atoms with Crippen molar-refractivity contribution in [3.05, 3.63) is 51.8 Å². The fourth-order valence-electron chi connectivity index (χ4n) is 1.95. The maximum atomic E-state index is 12.1. The first-order valence-corrected chi connectivity index (χ1v) is 6.48. The zero-order valence-corrected chi connectivity index (χ0v) is 12.2. The third-order valence-corrected chi connectivity index (χ3v) is 3.47. The Hall–Kier alpha value is -1.55. The topological polar surface area (TPSA) is 34.0 Å². The van der Waals surface area contributed by atoms with Crippen LogP contribution in [0.2, 0.25) is 0 Å². The van der Waals surface area contributed by atoms with Crippen molar-refractivity contribution >= 4 is 27.5 Å². The van der Waals surface area contributed by atoms with Gasteiger partial charge in [-0.25, -0.2) is 0 Å². The standard InChI is InChI=1S/C14H15BrN2O/c1-9-7-10(2)13(11(15)8-9)16-14(18)12-5-4-6-17(12)3/h4-8H,1-3H3,(H,16,18). The van der Waals surface area contributed by atoms with Crippen molar-refractivity contribution in [1.82, 2.24) is 4.57 Å². The molecule has 0 unspecified atom stereocenters. The minimum absolute atomic E-state index is 0.102. The molecule has 1 aromatic carbocycles. The van der Waals surface area contributed by atoms with E-state index in [0.717, 1.165) is 21.3 Å². The molecule has 1 amide bonds. The van der Waals surface area contributed by atoms with Crippen LogP contribution in [0.5, 0.6) is 0 Å². The van der Waals surface area contributed by atoms with Crippen molar-refractivity contribution in [2.24, 2.45) is 7.05 Å². The molecule has 1 aromatic heterocycles. The van der Waals surface area contributed by atoms with Gasteiger partial charge in [0, 0.05) is 17.7 Å². The predicted molar refractivity (Wildman–Crippen MR) is 77.0 cm³/mol. The van der Waals surface area contributed by atoms with E-state index in [-0.39, 0.29) is 5.91 Å². The van der Waals surface area contributed by atoms with Crippen LogP contribution in [-0.2, 0) is 7.05 Å². The van der Waals surface area contributed by atoms with Crippen molar-refractivity contribution in [2.75, 3.05) is 5.32 Å². The van der Waals surface area contributed by atoms with Crippen LogP contribution in [0.25, 0.3) is 0 Å². The van der Waals surface area contributed by atoms with Crippen LogP contribution in [0.3, 0.4) is 0 Å². The number of nitrogens with zero attached hydrogens (tertiary/aromatic N) is 1. The summed E-state index contributed by atoms with van der Waals surface area (Å²) in [6, 6.07) is 7.69. The van der Waals surface area contributed by atoms with Gasteiger partial charge in [-0.1, -0.05) is 6.07 Å². The second-order valence-electron chi connectivity index (χ2n) is 4.40. The van der Waals surface area contributed by atoms with Crippen LogP contribution < -0.4 is 5.32 Å². The molecule has 0 saturated heterocycles. The monoisotopic (exact) mass is 306 g/mol. The summed E-state index contributed by atoms with van der Waals surface area (Å²) in [5.41, 5.74) is 3.68. The summed E-state index contributed by atoms with van der Waals surface area (Å²) in [5, 5.41) is 2.94. The molecule has 4 heteroatoms. The summed E-state index contributed by atoms with van der Waals surface area (Å²) in [6.45, 7) is 4.01. The lowest BCUT2D eigenvalue weighted by Gasteiger charge is -2.12. The zero-order valence-electron chi connectivity index (χ0n) is 10.6. The molecule has 3 nitrogen and oxygen atoms in total. The molecule has 1 heterocycles. The molecule has 1 N–H and O–H groups in total. The number of amides is 1. The van der Waals surface area contributed by atoms with E-state index in [1.165, 1.54) is 0 Å². The van der Waals surface area contributed by atoms with E-state index < -0.39 is 0 Å². The normalized spacial score (nSPS) is 10.4. The summed E-state index contributed by atoms with van der Waals surface area (Å²) in [5.74, 6) is -0.102. The Labute approximate surface area is 115 Å². The maximum Gasteiger partial charge on any atom is 0.272 e. The highest BCUT2D eigenvalue weighted by molar-refractivity contribution is 9.10. The molecule has 0 aliphatic carbocycles. The van der Waals surface area contributed by atoms with Crippen molar-refractivity contribution < 1.29 is 4.79 Å². The second-order valence-corrected chi connectivity index (χ2v) is 5.25. The van der Waals surface area contributed by atoms with Gasteiger partial charge in [0.05, 0.1) is 5.69 Å². The van der Waals surface area contributed by atoms with Crippen LogP contribution in [0.15, 0.2) is 34.9 Å². The van der Waals surface area contributed by atoms with E-state index in [4.69, 9.17) is 0 Å². The van der Waals surface area contributed by atoms with E-state index in [0.29, 0.717) is 5.69 Å². The average molecular weight is 307 g/mol. The number of aryl methyl sites for hydroxylation is 3. The molecule has 0 fully saturated rings. The summed E-state index contributed by atoms with van der Waals surface area (Å²) >= 11 is 3.49. The maximum absolute atomic E-state index is 12.1. The number of hydrogen-bond acceptors (Lipinski definition) is 1. The molecule has 94 valence electrons. The van der Waals surface area contributed by atoms with Gasteiger partial charge in [0.15, 0.2) is 0 Å². The number of rotatable bonds is 2. The molecule has 2 rings (SSSR count). The zero-order chi connectivity index (χ0) is 13.3. The number of nitrogens with one attached hydrogen (secondary N) is 1. The van der Waals surface area contributed by atoms with E-state index in [1.807, 2.05) is 45.3 Å². The molecule has 0 spiro atoms. The number of anilines is 1. The Bertz CT molecular complexity index is 579. The third-order valence-electron chi connectivity index (χ3n) is 2.85. The van der Waals surface area contributed by atoms with Crippen molar-refractivity contribution in [2.45, 2.75) is 13.8 Å². The number of carbonyl (C=O) groups excluding carboxylic acids is 1. The third kappa shape index (κ3) is 2.48. The minimum Gasteiger partial charge on any atom is -0.347 e. The predicted octanol–water partition coefficient (Wildman–Crippen LogP) is 3.66. The fourth-order valence-corrected chi connectivity index (χ4v) is 2.72. The Balaban J connectivity index is 2.31. The van der Waals surface area contributed by atoms with Gasteiger partial charge in [-0.2, -0.15) is 0 Å². The second kappa shape index (κ2) is 4.98. The number of aromatic nitrogens is 1. The summed E-state index contributed by atoms with van der Waals surface area (Å²) in [6.07, 6.45) is 1.85. The van der Waals surface area contributed by atoms with E-state index in [2.05, 4.69) is 21.2 Å². The largest absolute Gasteiger partial charge is 0.347 e. The van der Waals surface area contributed by atoms with Crippen molar-refractivity contribution in [3.63, 3.8) is 0 Å². The highest BCUT2D eigenvalue weighted by Crippen LogP contribution is 2.28. The summed E-state index contributed by atoms with van der Waals surface area (Å²) in [4.78, 5) is 12.1. The Kier molecular flexibility index (Phi) is 3.57. The lowest BCUT2D eigenvalue weighted by atomic mass is 10.1. The molecule has 0 bridgehead atoms. The van der Waals surface area contributed by atoms with E-state index >= 15 is 0 Å². The van der Waals surface area contributed by atoms with Crippen LogP contribution in [0.1, 0.15) is 21.6 Å². The lowest BCUT2D eigenvalue weighted by molar-refractivity contribution is 0.101. The first-order chi connectivity index (χ1) is 8.49. The Morgan fingerprint density at radius 1 is 1.33 bits per heavy atom. The van der Waals surface area contributed by atoms with Gasteiger partial charge in [0.25, 0.3) is 5.91 Å². The molecular weight excluding hydrogens is 292 g/mol. The fraction of sp³-hybridized carbons (Fsp3) is 0.214. The summed E-state index contributed by atoms with van der Waals surface area (Å²) in [7, 11) is 1.85. The van der Waals surface area contributed by atoms with Gasteiger partial charge >= 0.3 is 0 Å². The number of carbonyl (C=O) groups is 1. The molecule has 0 aliphatic rings. The first-order valence-electron chi connectivity index (χ1n) is 5.68. The van der Waals surface area contributed by atoms with Gasteiger partial charge in [-0.3, -0.25) is 4.79 Å². The highest BCUT2D eigenvalue weighted by atomic mass is 79.9. The van der Waals surface area contributed by atoms with E-state index in [9.17, 15) is 4.79 Å². The van der Waals surface area contributed by atoms with Gasteiger partial charge in [0.2, 0.25) is 0 Å². The van der Waals surface area contributed by atoms with E-state index in [1.54, 1.807) is 10.6 Å². The number of hydrogen-bond donors (Lipinski definition) is 1. The molecule has 18 heavy (non-hydrogen) atoms. The average Bonchev–Trinajstić information content (AvgIpc) is 2.69. The van der Waals surface area contributed by atoms with Gasteiger partial charge in [-0.05, 0) is 59.1 Å². The molecule has 0 saturated carbocycles. The Morgan fingerprint density at radius 3 is 2.61 bits per heavy atom. The lowest BCUT2D eigenvalue weighted by Crippen LogP contribution is -2.16. The molecule has 2 aromatic rings. The quantitative estimate of drug-likeness (QED) is 0.902. The van der Waals surface area contributed by atoms with Gasteiger partial charge in [0.1, 0.15) is 5.69 Å². The van der Waals surface area contributed by atoms with Crippen molar-refractivity contribution in [3.8, 4) is 0 Å². The molecule has 0 radical (unpaired) electrons. The first kappa shape index (κ1) is 12.9. The van der Waals surface area contributed by atoms with Crippen molar-refractivity contribution in [1.29, 1.82) is 0 Å². The highest BCUT2D eigenvalue weighted by Gasteiger charge is 2.12. The smallest absolute Gasteiger partial charge is 0.272 e. The van der Waals surface area contributed by atoms with Gasteiger partial charge < -0.3 is 9.88 Å². The summed E-state index contributed by atoms with van der Waals surface area (Å²) < 4.78 is 2.70. The van der Waals surface area contributed by atoms with Crippen LogP contribution in [-0.4, -0.2) is 10.5 Å². The molecule has 0 aliphatic heterocycles. The molecular formula is C14H15BrN2O. The molecule has 0 atom stereocenters. The SMILES string of the molecule is Cc1cc(C)c(NC(=O)c2cccn2C)c(Br)c1. The van der Waals surface area contributed by atoms with Gasteiger partial charge in [-0.15, -0.1) is 0 Å². The number of halogens is 1. The number of benzene rings is 1. The Morgan fingerprint density at radius 2 is 2.06 bits per heavy atom. The van der Waals surface area contributed by atoms with Crippen LogP contribution in [0.4, 0.5) is 5.69 Å².